The highest BCUT2D eigenvalue weighted by atomic mass is 16.6. The molecule has 0 N–H and O–H groups in total. The molecule has 0 fully saturated rings. The van der Waals surface area contributed by atoms with E-state index in [1.807, 2.05) is 0 Å². The lowest BCUT2D eigenvalue weighted by Gasteiger charge is -2.18. The van der Waals surface area contributed by atoms with Gasteiger partial charge in [-0.3, -0.25) is 14.4 Å². The van der Waals surface area contributed by atoms with Crippen LogP contribution in [0.1, 0.15) is 201 Å². The van der Waals surface area contributed by atoms with Crippen molar-refractivity contribution in [3.63, 3.8) is 0 Å². The minimum absolute atomic E-state index is 0.0991. The molecule has 0 aliphatic heterocycles. The lowest BCUT2D eigenvalue weighted by atomic mass is 10.1. The van der Waals surface area contributed by atoms with Crippen LogP contribution < -0.4 is 0 Å². The second kappa shape index (κ2) is 47.0. The normalized spacial score (nSPS) is 12.9. The molecule has 334 valence electrons. The third kappa shape index (κ3) is 45.3. The Morgan fingerprint density at radius 1 is 0.356 bits per heavy atom. The van der Waals surface area contributed by atoms with Gasteiger partial charge in [0, 0.05) is 19.3 Å². The summed E-state index contributed by atoms with van der Waals surface area (Å²) in [5.41, 5.74) is 0. The molecule has 0 radical (unpaired) electrons. The van der Waals surface area contributed by atoms with Gasteiger partial charge in [0.05, 0.1) is 0 Å². The molecular weight excluding hydrogens is 733 g/mol. The maximum atomic E-state index is 12.8. The molecule has 0 aromatic carbocycles. The Labute approximate surface area is 362 Å². The standard InChI is InChI=1S/C53H86O6/c1-4-7-10-13-16-19-22-24-26-28-31-34-37-40-43-46-52(55)58-49-50(48-57-51(54)45-42-39-36-33-30-21-18-15-12-9-6-3)59-53(56)47-44-41-38-35-32-29-27-25-23-20-17-14-11-8-5-2/h7-8,10-11,13-23,30,50H,4-6,9,12,24-29,31-49H2,1-3H3/b10-7-,11-8-,16-13-,17-14-,18-15-,22-19-,23-20-,30-21-. The number of esters is 3. The van der Waals surface area contributed by atoms with Crippen molar-refractivity contribution < 1.29 is 28.6 Å². The maximum Gasteiger partial charge on any atom is 0.306 e. The largest absolute Gasteiger partial charge is 0.462 e. The van der Waals surface area contributed by atoms with E-state index in [1.54, 1.807) is 0 Å². The first-order valence-electron chi connectivity index (χ1n) is 23.8. The van der Waals surface area contributed by atoms with E-state index in [4.69, 9.17) is 14.2 Å². The average molecular weight is 819 g/mol. The van der Waals surface area contributed by atoms with Crippen molar-refractivity contribution in [3.05, 3.63) is 97.2 Å². The molecule has 0 saturated carbocycles. The molecular formula is C53H86O6. The van der Waals surface area contributed by atoms with Gasteiger partial charge in [0.2, 0.25) is 0 Å². The second-order valence-corrected chi connectivity index (χ2v) is 15.4. The zero-order valence-electron chi connectivity index (χ0n) is 38.0. The maximum absolute atomic E-state index is 12.8. The highest BCUT2D eigenvalue weighted by Crippen LogP contribution is 2.13. The summed E-state index contributed by atoms with van der Waals surface area (Å²) >= 11 is 0. The Kier molecular flexibility index (Phi) is 44.1. The third-order valence-electron chi connectivity index (χ3n) is 9.70. The van der Waals surface area contributed by atoms with Crippen molar-refractivity contribution in [1.82, 2.24) is 0 Å². The van der Waals surface area contributed by atoms with Gasteiger partial charge in [-0.1, -0.05) is 201 Å². The highest BCUT2D eigenvalue weighted by Gasteiger charge is 2.19. The Bertz CT molecular complexity index is 1220. The predicted molar refractivity (Wildman–Crippen MR) is 251 cm³/mol. The number of hydrogen-bond acceptors (Lipinski definition) is 6. The average Bonchev–Trinajstić information content (AvgIpc) is 3.23. The lowest BCUT2D eigenvalue weighted by molar-refractivity contribution is -0.167. The van der Waals surface area contributed by atoms with Crippen LogP contribution in [0.3, 0.4) is 0 Å². The summed E-state index contributed by atoms with van der Waals surface area (Å²) < 4.78 is 16.7. The van der Waals surface area contributed by atoms with E-state index in [2.05, 4.69) is 118 Å². The summed E-state index contributed by atoms with van der Waals surface area (Å²) in [7, 11) is 0. The fourth-order valence-corrected chi connectivity index (χ4v) is 6.12. The quantitative estimate of drug-likeness (QED) is 0.0265. The number of ether oxygens (including phenoxy) is 3. The molecule has 0 aliphatic carbocycles. The molecule has 59 heavy (non-hydrogen) atoms. The van der Waals surface area contributed by atoms with Gasteiger partial charge in [-0.05, 0) is 77.0 Å². The van der Waals surface area contributed by atoms with Crippen LogP contribution in [0, 0.1) is 0 Å². The summed E-state index contributed by atoms with van der Waals surface area (Å²) in [5, 5.41) is 0. The van der Waals surface area contributed by atoms with Crippen LogP contribution >= 0.6 is 0 Å². The molecule has 6 heteroatoms. The molecule has 0 rings (SSSR count). The third-order valence-corrected chi connectivity index (χ3v) is 9.70. The van der Waals surface area contributed by atoms with E-state index in [9.17, 15) is 14.4 Å². The van der Waals surface area contributed by atoms with Crippen molar-refractivity contribution in [3.8, 4) is 0 Å². The van der Waals surface area contributed by atoms with Gasteiger partial charge in [0.15, 0.2) is 6.10 Å². The van der Waals surface area contributed by atoms with Crippen molar-refractivity contribution in [2.75, 3.05) is 13.2 Å². The minimum atomic E-state index is -0.799. The summed E-state index contributed by atoms with van der Waals surface area (Å²) in [4.78, 5) is 37.8. The molecule has 0 aliphatic rings. The molecule has 0 amide bonds. The highest BCUT2D eigenvalue weighted by molar-refractivity contribution is 5.71. The van der Waals surface area contributed by atoms with Crippen LogP contribution in [-0.2, 0) is 28.6 Å². The first-order chi connectivity index (χ1) is 29.0. The summed E-state index contributed by atoms with van der Waals surface area (Å²) in [6, 6.07) is 0. The zero-order valence-corrected chi connectivity index (χ0v) is 38.0. The number of carbonyl (C=O) groups is 3. The van der Waals surface area contributed by atoms with Crippen LogP contribution in [0.4, 0.5) is 0 Å². The molecule has 0 aromatic rings. The van der Waals surface area contributed by atoms with Crippen molar-refractivity contribution in [2.45, 2.75) is 207 Å². The number of unbranched alkanes of at least 4 members (excludes halogenated alkanes) is 19. The molecule has 0 saturated heterocycles. The molecule has 6 nitrogen and oxygen atoms in total. The van der Waals surface area contributed by atoms with Gasteiger partial charge >= 0.3 is 17.9 Å². The molecule has 0 aromatic heterocycles. The Morgan fingerprint density at radius 2 is 0.661 bits per heavy atom. The predicted octanol–water partition coefficient (Wildman–Crippen LogP) is 15.4. The van der Waals surface area contributed by atoms with E-state index in [-0.39, 0.29) is 31.1 Å². The SMILES string of the molecule is CC\C=C/C=C\C=C/CCCCCCCCCC(=O)OCC(COC(=O)CCCCC/C=C\C=C/CCCC)OC(=O)CCCCCCCCC\C=C/C=C\C=C/CC. The van der Waals surface area contributed by atoms with E-state index in [0.29, 0.717) is 19.3 Å². The van der Waals surface area contributed by atoms with Crippen LogP contribution in [0.15, 0.2) is 97.2 Å². The number of hydrogen-bond donors (Lipinski definition) is 0. The first-order valence-corrected chi connectivity index (χ1v) is 23.8. The van der Waals surface area contributed by atoms with Crippen molar-refractivity contribution in [2.24, 2.45) is 0 Å². The Hall–Kier alpha value is -3.67. The van der Waals surface area contributed by atoms with Crippen LogP contribution in [0.2, 0.25) is 0 Å². The van der Waals surface area contributed by atoms with Crippen LogP contribution in [0.25, 0.3) is 0 Å². The molecule has 0 spiro atoms. The summed E-state index contributed by atoms with van der Waals surface area (Å²) in [6.45, 7) is 6.26. The van der Waals surface area contributed by atoms with Gasteiger partial charge in [0.1, 0.15) is 13.2 Å². The van der Waals surface area contributed by atoms with Crippen LogP contribution in [-0.4, -0.2) is 37.2 Å². The molecule has 0 heterocycles. The fourth-order valence-electron chi connectivity index (χ4n) is 6.12. The Morgan fingerprint density at radius 3 is 1.05 bits per heavy atom. The van der Waals surface area contributed by atoms with Gasteiger partial charge in [-0.15, -0.1) is 0 Å². The second-order valence-electron chi connectivity index (χ2n) is 15.4. The number of rotatable bonds is 41. The molecule has 0 bridgehead atoms. The fraction of sp³-hybridized carbons (Fsp3) is 0.642. The van der Waals surface area contributed by atoms with E-state index < -0.39 is 6.10 Å². The minimum Gasteiger partial charge on any atom is -0.462 e. The monoisotopic (exact) mass is 819 g/mol. The van der Waals surface area contributed by atoms with Crippen molar-refractivity contribution in [1.29, 1.82) is 0 Å². The van der Waals surface area contributed by atoms with Gasteiger partial charge in [-0.2, -0.15) is 0 Å². The summed E-state index contributed by atoms with van der Waals surface area (Å²) in [5.74, 6) is -0.959. The summed E-state index contributed by atoms with van der Waals surface area (Å²) in [6.07, 6.45) is 61.0. The lowest BCUT2D eigenvalue weighted by Crippen LogP contribution is -2.30. The van der Waals surface area contributed by atoms with E-state index in [0.717, 1.165) is 103 Å². The Balaban J connectivity index is 4.46. The smallest absolute Gasteiger partial charge is 0.306 e. The van der Waals surface area contributed by atoms with Gasteiger partial charge in [0.25, 0.3) is 0 Å². The van der Waals surface area contributed by atoms with E-state index >= 15 is 0 Å². The van der Waals surface area contributed by atoms with E-state index in [1.165, 1.54) is 57.8 Å². The number of carbonyl (C=O) groups excluding carboxylic acids is 3. The van der Waals surface area contributed by atoms with Crippen molar-refractivity contribution >= 4 is 17.9 Å². The first kappa shape index (κ1) is 55.3. The topological polar surface area (TPSA) is 78.9 Å². The molecule has 1 unspecified atom stereocenters. The molecule has 1 atom stereocenters. The van der Waals surface area contributed by atoms with Gasteiger partial charge in [-0.25, -0.2) is 0 Å². The van der Waals surface area contributed by atoms with Gasteiger partial charge < -0.3 is 14.2 Å². The number of allylic oxidation sites excluding steroid dienone is 16. The zero-order chi connectivity index (χ0) is 43.0. The van der Waals surface area contributed by atoms with Crippen LogP contribution in [0.5, 0.6) is 0 Å².